The van der Waals surface area contributed by atoms with Crippen molar-refractivity contribution in [2.24, 2.45) is 0 Å². The normalized spacial score (nSPS) is 9.45. The van der Waals surface area contributed by atoms with Crippen molar-refractivity contribution in [2.45, 2.75) is 40.7 Å². The van der Waals surface area contributed by atoms with Crippen molar-refractivity contribution in [3.05, 3.63) is 111 Å². The summed E-state index contributed by atoms with van der Waals surface area (Å²) in [6.45, 7) is 9.52. The number of nitrogens with one attached hydrogen (secondary N) is 2. The van der Waals surface area contributed by atoms with Gasteiger partial charge in [-0.1, -0.05) is 85.6 Å². The van der Waals surface area contributed by atoms with Crippen LogP contribution in [0.25, 0.3) is 5.69 Å². The predicted molar refractivity (Wildman–Crippen MR) is 165 cm³/mol. The number of ether oxygens (including phenoxy) is 1. The van der Waals surface area contributed by atoms with E-state index in [0.717, 1.165) is 5.56 Å². The highest BCUT2D eigenvalue weighted by Gasteiger charge is 2.13. The number of hydrogen-bond acceptors (Lipinski definition) is 6. The van der Waals surface area contributed by atoms with Gasteiger partial charge in [0.2, 0.25) is 5.95 Å². The molecule has 10 heteroatoms. The third-order valence-electron chi connectivity index (χ3n) is 5.00. The molecule has 4 rings (SSSR count). The minimum absolute atomic E-state index is 0.227. The van der Waals surface area contributed by atoms with Gasteiger partial charge in [0, 0.05) is 35.3 Å². The second-order valence-electron chi connectivity index (χ2n) is 7.61. The van der Waals surface area contributed by atoms with Crippen LogP contribution in [0.5, 0.6) is 0 Å². The van der Waals surface area contributed by atoms with Gasteiger partial charge in [-0.3, -0.25) is 9.36 Å². The molecule has 0 aliphatic carbocycles. The smallest absolute Gasteiger partial charge is 0.352 e. The molecule has 0 aliphatic heterocycles. The molecule has 0 aliphatic rings. The van der Waals surface area contributed by atoms with Gasteiger partial charge in [-0.2, -0.15) is 4.68 Å². The first-order valence-corrected chi connectivity index (χ1v) is 13.7. The highest BCUT2D eigenvalue weighted by Crippen LogP contribution is 2.14. The fourth-order valence-electron chi connectivity index (χ4n) is 3.11. The Morgan fingerprint density at radius 3 is 1.85 bits per heavy atom. The quantitative estimate of drug-likeness (QED) is 0.161. The molecule has 0 fully saturated rings. The van der Waals surface area contributed by atoms with Gasteiger partial charge in [-0.05, 0) is 55.8 Å². The molecule has 4 aromatic rings. The molecule has 8 nitrogen and oxygen atoms in total. The van der Waals surface area contributed by atoms with E-state index in [-0.39, 0.29) is 5.69 Å². The van der Waals surface area contributed by atoms with Crippen LogP contribution in [0.2, 0.25) is 10.0 Å². The molecule has 0 unspecified atom stereocenters. The van der Waals surface area contributed by atoms with E-state index in [0.29, 0.717) is 60.0 Å². The van der Waals surface area contributed by atoms with E-state index in [4.69, 9.17) is 28.6 Å². The van der Waals surface area contributed by atoms with Crippen molar-refractivity contribution < 1.29 is 9.53 Å². The second kappa shape index (κ2) is 20.1. The van der Waals surface area contributed by atoms with E-state index in [9.17, 15) is 9.59 Å². The number of hydrogen-bond donors (Lipinski definition) is 2. The van der Waals surface area contributed by atoms with Crippen molar-refractivity contribution in [2.75, 3.05) is 18.5 Å². The van der Waals surface area contributed by atoms with E-state index < -0.39 is 0 Å². The van der Waals surface area contributed by atoms with Crippen LogP contribution in [-0.2, 0) is 16.1 Å². The Morgan fingerprint density at radius 1 is 0.925 bits per heavy atom. The molecule has 0 spiro atoms. The summed E-state index contributed by atoms with van der Waals surface area (Å²) in [6, 6.07) is 26.1. The number of halogens is 2. The van der Waals surface area contributed by atoms with Gasteiger partial charge in [0.05, 0.1) is 12.3 Å². The van der Waals surface area contributed by atoms with Crippen LogP contribution in [0, 0.1) is 5.41 Å². The van der Waals surface area contributed by atoms with Crippen LogP contribution in [0.15, 0.2) is 89.7 Å². The maximum absolute atomic E-state index is 12.6. The van der Waals surface area contributed by atoms with E-state index in [1.807, 2.05) is 69.3 Å². The zero-order valence-electron chi connectivity index (χ0n) is 23.3. The van der Waals surface area contributed by atoms with Gasteiger partial charge < -0.3 is 15.5 Å². The van der Waals surface area contributed by atoms with Crippen LogP contribution < -0.4 is 11.0 Å². The second-order valence-corrected chi connectivity index (χ2v) is 8.48. The lowest BCUT2D eigenvalue weighted by Gasteiger charge is -2.07. The molecule has 0 saturated heterocycles. The summed E-state index contributed by atoms with van der Waals surface area (Å²) in [4.78, 5) is 21.8. The van der Waals surface area contributed by atoms with Gasteiger partial charge in [-0.25, -0.2) is 4.79 Å². The number of nitrogens with zero attached hydrogens (tertiary/aromatic N) is 3. The molecular formula is C30H37Cl2N5O3. The molecule has 0 radical (unpaired) electrons. The maximum atomic E-state index is 12.6. The molecule has 0 atom stereocenters. The maximum Gasteiger partial charge on any atom is 0.352 e. The first-order valence-electron chi connectivity index (χ1n) is 13.0. The molecule has 1 aromatic heterocycles. The third kappa shape index (κ3) is 11.9. The largest absolute Gasteiger partial charge is 0.468 e. The van der Waals surface area contributed by atoms with Crippen LogP contribution in [0.1, 0.15) is 39.7 Å². The number of carbonyl (C=O) groups is 1. The Balaban J connectivity index is 0.000000510. The van der Waals surface area contributed by atoms with Crippen molar-refractivity contribution in [3.63, 3.8) is 0 Å². The molecule has 0 saturated carbocycles. The van der Waals surface area contributed by atoms with E-state index in [1.165, 1.54) is 4.68 Å². The number of benzene rings is 3. The topological polar surface area (TPSA) is 102 Å². The summed E-state index contributed by atoms with van der Waals surface area (Å²) in [5, 5.41) is 17.0. The number of aromatic nitrogens is 3. The highest BCUT2D eigenvalue weighted by molar-refractivity contribution is 6.30. The summed E-state index contributed by atoms with van der Waals surface area (Å²) < 4.78 is 7.05. The lowest BCUT2D eigenvalue weighted by atomic mass is 10.1. The van der Waals surface area contributed by atoms with Crippen molar-refractivity contribution >= 4 is 41.3 Å². The van der Waals surface area contributed by atoms with Crippen LogP contribution in [-0.4, -0.2) is 39.7 Å². The monoisotopic (exact) mass is 585 g/mol. The summed E-state index contributed by atoms with van der Waals surface area (Å²) in [6.07, 6.45) is 0.493. The zero-order valence-corrected chi connectivity index (χ0v) is 24.8. The number of rotatable bonds is 9. The standard InChI is InChI=1S/C19H19Cl2N5O.C6H6.C3H6O2.C2H6/c1-2-25-18(23-12-11-17(22)13-3-5-14(20)6-4-13)24-26(19(25)27)16-9-7-15(21)8-10-16;1-2-4-6-5-3-1;1-2-5-3-4;1-2/h3-10,22H,2,11-12H2,1H3,(H,23,24);1-6H;3H,2H2,1H3;1-2H3. The summed E-state index contributed by atoms with van der Waals surface area (Å²) in [7, 11) is 0. The lowest BCUT2D eigenvalue weighted by molar-refractivity contribution is -0.128. The minimum Gasteiger partial charge on any atom is -0.468 e. The summed E-state index contributed by atoms with van der Waals surface area (Å²) >= 11 is 11.8. The van der Waals surface area contributed by atoms with Crippen LogP contribution in [0.3, 0.4) is 0 Å². The van der Waals surface area contributed by atoms with E-state index >= 15 is 0 Å². The zero-order chi connectivity index (χ0) is 29.8. The predicted octanol–water partition coefficient (Wildman–Crippen LogP) is 7.12. The van der Waals surface area contributed by atoms with Crippen molar-refractivity contribution in [3.8, 4) is 5.69 Å². The lowest BCUT2D eigenvalue weighted by Crippen LogP contribution is -2.24. The molecule has 0 bridgehead atoms. The minimum atomic E-state index is -0.227. The van der Waals surface area contributed by atoms with Crippen LogP contribution in [0.4, 0.5) is 5.95 Å². The van der Waals surface area contributed by atoms with E-state index in [2.05, 4.69) is 15.2 Å². The molecule has 3 aromatic carbocycles. The third-order valence-corrected chi connectivity index (χ3v) is 5.51. The van der Waals surface area contributed by atoms with Crippen molar-refractivity contribution in [1.82, 2.24) is 14.3 Å². The Labute approximate surface area is 246 Å². The average molecular weight is 587 g/mol. The molecule has 214 valence electrons. The highest BCUT2D eigenvalue weighted by atomic mass is 35.5. The fourth-order valence-corrected chi connectivity index (χ4v) is 3.36. The van der Waals surface area contributed by atoms with Gasteiger partial charge in [-0.15, -0.1) is 5.10 Å². The van der Waals surface area contributed by atoms with Crippen LogP contribution >= 0.6 is 23.2 Å². The molecule has 1 heterocycles. The Morgan fingerprint density at radius 2 is 1.43 bits per heavy atom. The first kappa shape index (κ1) is 34.1. The van der Waals surface area contributed by atoms with E-state index in [1.54, 1.807) is 47.9 Å². The number of carbonyl (C=O) groups excluding carboxylic acids is 1. The van der Waals surface area contributed by atoms with Gasteiger partial charge in [0.15, 0.2) is 0 Å². The van der Waals surface area contributed by atoms with Gasteiger partial charge >= 0.3 is 5.69 Å². The molecule has 0 amide bonds. The SMILES string of the molecule is CC.CCOC=O.CCn1c(NCCC(=N)c2ccc(Cl)cc2)nn(-c2ccc(Cl)cc2)c1=O.c1ccccc1. The molecule has 40 heavy (non-hydrogen) atoms. The summed E-state index contributed by atoms with van der Waals surface area (Å²) in [5.74, 6) is 0.473. The molecular weight excluding hydrogens is 549 g/mol. The Kier molecular flexibility index (Phi) is 17.1. The summed E-state index contributed by atoms with van der Waals surface area (Å²) in [5.41, 5.74) is 1.73. The average Bonchev–Trinajstić information content (AvgIpc) is 3.31. The van der Waals surface area contributed by atoms with Gasteiger partial charge in [0.1, 0.15) is 0 Å². The van der Waals surface area contributed by atoms with Gasteiger partial charge in [0.25, 0.3) is 6.47 Å². The first-order chi connectivity index (χ1) is 19.4. The fraction of sp³-hybridized carbons (Fsp3) is 0.267. The Hall–Kier alpha value is -3.88. The Bertz CT molecular complexity index is 1280. The molecule has 2 N–H and O–H groups in total. The van der Waals surface area contributed by atoms with Crippen molar-refractivity contribution in [1.29, 1.82) is 5.41 Å². The number of anilines is 1.